The average molecular weight is 405 g/mol. The first-order chi connectivity index (χ1) is 13.4. The molecule has 3 aromatic rings. The summed E-state index contributed by atoms with van der Waals surface area (Å²) in [6.07, 6.45) is 3.35. The number of hydrogen-bond donors (Lipinski definition) is 0. The number of aryl methyl sites for hydroxylation is 1. The van der Waals surface area contributed by atoms with Crippen LogP contribution in [0.2, 0.25) is 0 Å². The van der Waals surface area contributed by atoms with Gasteiger partial charge in [-0.3, -0.25) is 4.68 Å². The summed E-state index contributed by atoms with van der Waals surface area (Å²) in [6.45, 7) is 3.29. The van der Waals surface area contributed by atoms with Gasteiger partial charge in [0.25, 0.3) is 0 Å². The third-order valence-electron chi connectivity index (χ3n) is 4.34. The number of ether oxygens (including phenoxy) is 2. The van der Waals surface area contributed by atoms with Crippen LogP contribution in [-0.4, -0.2) is 45.8 Å². The van der Waals surface area contributed by atoms with Crippen LogP contribution in [0.4, 0.5) is 0 Å². The van der Waals surface area contributed by atoms with Crippen molar-refractivity contribution in [2.24, 2.45) is 7.05 Å². The van der Waals surface area contributed by atoms with Gasteiger partial charge in [0.1, 0.15) is 17.5 Å². The number of nitrogens with zero attached hydrogens (tertiary/aromatic N) is 5. The van der Waals surface area contributed by atoms with Gasteiger partial charge in [0.2, 0.25) is 0 Å². The number of sulfone groups is 1. The molecule has 0 bridgehead atoms. The molecular weight excluding hydrogens is 382 g/mol. The van der Waals surface area contributed by atoms with Gasteiger partial charge in [-0.05, 0) is 19.1 Å². The minimum atomic E-state index is -3.35. The molecule has 1 aromatic carbocycles. The summed E-state index contributed by atoms with van der Waals surface area (Å²) < 4.78 is 39.0. The summed E-state index contributed by atoms with van der Waals surface area (Å²) in [6, 6.07) is 7.25. The lowest BCUT2D eigenvalue weighted by Gasteiger charge is -2.11. The Hall–Kier alpha value is -2.88. The molecule has 150 valence electrons. The quantitative estimate of drug-likeness (QED) is 0.565. The van der Waals surface area contributed by atoms with Gasteiger partial charge in [-0.25, -0.2) is 18.1 Å². The second kappa shape index (κ2) is 8.01. The predicted molar refractivity (Wildman–Crippen MR) is 103 cm³/mol. The summed E-state index contributed by atoms with van der Waals surface area (Å²) >= 11 is 0. The van der Waals surface area contributed by atoms with Gasteiger partial charge < -0.3 is 9.47 Å². The van der Waals surface area contributed by atoms with Crippen molar-refractivity contribution in [2.75, 3.05) is 12.9 Å². The van der Waals surface area contributed by atoms with E-state index < -0.39 is 15.1 Å². The molecule has 0 aliphatic carbocycles. The Morgan fingerprint density at radius 3 is 2.54 bits per heavy atom. The van der Waals surface area contributed by atoms with Gasteiger partial charge in [0, 0.05) is 12.8 Å². The lowest BCUT2D eigenvalue weighted by atomic mass is 10.3. The number of aromatic nitrogens is 5. The largest absolute Gasteiger partial charge is 0.493 e. The van der Waals surface area contributed by atoms with Crippen molar-refractivity contribution in [1.82, 2.24) is 24.5 Å². The fraction of sp³-hybridized carbons (Fsp3) is 0.389. The van der Waals surface area contributed by atoms with E-state index >= 15 is 0 Å². The minimum absolute atomic E-state index is 0.0150. The van der Waals surface area contributed by atoms with E-state index in [1.807, 2.05) is 12.1 Å². The summed E-state index contributed by atoms with van der Waals surface area (Å²) in [4.78, 5) is 4.45. The third kappa shape index (κ3) is 4.01. The normalized spacial score (nSPS) is 12.7. The second-order valence-electron chi connectivity index (χ2n) is 6.20. The van der Waals surface area contributed by atoms with Crippen LogP contribution in [0.25, 0.3) is 5.69 Å². The van der Waals surface area contributed by atoms with Crippen molar-refractivity contribution in [2.45, 2.75) is 25.7 Å². The Morgan fingerprint density at radius 1 is 1.21 bits per heavy atom. The van der Waals surface area contributed by atoms with E-state index in [2.05, 4.69) is 15.2 Å². The van der Waals surface area contributed by atoms with Gasteiger partial charge in [-0.1, -0.05) is 19.1 Å². The molecule has 1 atom stereocenters. The molecule has 9 nitrogen and oxygen atoms in total. The van der Waals surface area contributed by atoms with Crippen LogP contribution < -0.4 is 9.47 Å². The molecule has 0 saturated carbocycles. The molecule has 0 radical (unpaired) electrons. The lowest BCUT2D eigenvalue weighted by Crippen LogP contribution is -2.17. The van der Waals surface area contributed by atoms with Crippen LogP contribution in [0.15, 0.2) is 36.7 Å². The smallest absolute Gasteiger partial charge is 0.188 e. The van der Waals surface area contributed by atoms with E-state index in [-0.39, 0.29) is 12.4 Å². The Kier molecular flexibility index (Phi) is 5.68. The number of para-hydroxylation sites is 2. The Labute approximate surface area is 163 Å². The molecule has 3 rings (SSSR count). The van der Waals surface area contributed by atoms with Gasteiger partial charge in [-0.15, -0.1) is 5.10 Å². The average Bonchev–Trinajstić information content (AvgIpc) is 3.32. The monoisotopic (exact) mass is 405 g/mol. The summed E-state index contributed by atoms with van der Waals surface area (Å²) in [5, 5.41) is 7.77. The summed E-state index contributed by atoms with van der Waals surface area (Å²) in [7, 11) is -0.0125. The zero-order valence-electron chi connectivity index (χ0n) is 16.2. The van der Waals surface area contributed by atoms with E-state index in [0.717, 1.165) is 0 Å². The molecule has 0 aliphatic rings. The maximum Gasteiger partial charge on any atom is 0.188 e. The van der Waals surface area contributed by atoms with E-state index in [4.69, 9.17) is 9.47 Å². The van der Waals surface area contributed by atoms with Crippen molar-refractivity contribution < 1.29 is 17.9 Å². The number of rotatable bonds is 8. The van der Waals surface area contributed by atoms with Crippen LogP contribution in [-0.2, 0) is 23.5 Å². The van der Waals surface area contributed by atoms with Crippen molar-refractivity contribution in [3.63, 3.8) is 0 Å². The Bertz CT molecular complexity index is 1060. The van der Waals surface area contributed by atoms with Crippen LogP contribution in [0.5, 0.6) is 11.5 Å². The first-order valence-electron chi connectivity index (χ1n) is 8.78. The summed E-state index contributed by atoms with van der Waals surface area (Å²) in [5.74, 6) is 1.85. The standard InChI is InChI=1S/C18H23N5O4S/c1-5-28(24,25)13(2)18-20-17(21-23(18)14-10-19-22(3)11-14)12-27-16-9-7-6-8-15(16)26-4/h6-11,13H,5,12H2,1-4H3. The number of benzene rings is 1. The van der Waals surface area contributed by atoms with E-state index in [1.54, 1.807) is 57.2 Å². The van der Waals surface area contributed by atoms with Crippen LogP contribution in [0.1, 0.15) is 30.7 Å². The molecule has 0 aliphatic heterocycles. The fourth-order valence-electron chi connectivity index (χ4n) is 2.69. The number of methoxy groups -OCH3 is 1. The zero-order valence-corrected chi connectivity index (χ0v) is 17.0. The minimum Gasteiger partial charge on any atom is -0.493 e. The molecule has 0 spiro atoms. The highest BCUT2D eigenvalue weighted by Crippen LogP contribution is 2.27. The van der Waals surface area contributed by atoms with Gasteiger partial charge in [-0.2, -0.15) is 5.10 Å². The second-order valence-corrected chi connectivity index (χ2v) is 8.81. The molecule has 28 heavy (non-hydrogen) atoms. The highest BCUT2D eigenvalue weighted by Gasteiger charge is 2.28. The fourth-order valence-corrected chi connectivity index (χ4v) is 3.67. The lowest BCUT2D eigenvalue weighted by molar-refractivity contribution is 0.276. The van der Waals surface area contributed by atoms with Crippen molar-refractivity contribution in [1.29, 1.82) is 0 Å². The Balaban J connectivity index is 1.95. The first-order valence-corrected chi connectivity index (χ1v) is 10.5. The van der Waals surface area contributed by atoms with Crippen LogP contribution in [0, 0.1) is 0 Å². The van der Waals surface area contributed by atoms with Crippen molar-refractivity contribution in [3.05, 3.63) is 48.3 Å². The zero-order chi connectivity index (χ0) is 20.3. The first kappa shape index (κ1) is 19.9. The molecule has 2 heterocycles. The third-order valence-corrected chi connectivity index (χ3v) is 6.44. The summed E-state index contributed by atoms with van der Waals surface area (Å²) in [5.41, 5.74) is 0.631. The molecule has 1 unspecified atom stereocenters. The SMILES string of the molecule is CCS(=O)(=O)C(C)c1nc(COc2ccccc2OC)nn1-c1cnn(C)c1. The molecule has 0 fully saturated rings. The molecule has 2 aromatic heterocycles. The van der Waals surface area contributed by atoms with Crippen molar-refractivity contribution in [3.8, 4) is 17.2 Å². The van der Waals surface area contributed by atoms with E-state index in [0.29, 0.717) is 28.8 Å². The van der Waals surface area contributed by atoms with Crippen LogP contribution in [0.3, 0.4) is 0 Å². The number of hydrogen-bond acceptors (Lipinski definition) is 7. The van der Waals surface area contributed by atoms with Gasteiger partial charge in [0.05, 0.1) is 19.5 Å². The maximum absolute atomic E-state index is 12.4. The Morgan fingerprint density at radius 2 is 1.93 bits per heavy atom. The van der Waals surface area contributed by atoms with Crippen molar-refractivity contribution >= 4 is 9.84 Å². The predicted octanol–water partition coefficient (Wildman–Crippen LogP) is 2.08. The topological polar surface area (TPSA) is 101 Å². The molecule has 10 heteroatoms. The molecule has 0 amide bonds. The maximum atomic E-state index is 12.4. The van der Waals surface area contributed by atoms with E-state index in [1.165, 1.54) is 4.68 Å². The molecule has 0 saturated heterocycles. The van der Waals surface area contributed by atoms with E-state index in [9.17, 15) is 8.42 Å². The van der Waals surface area contributed by atoms with Gasteiger partial charge in [0.15, 0.2) is 33.0 Å². The van der Waals surface area contributed by atoms with Crippen LogP contribution >= 0.6 is 0 Å². The molecular formula is C18H23N5O4S. The molecule has 0 N–H and O–H groups in total. The van der Waals surface area contributed by atoms with Gasteiger partial charge >= 0.3 is 0 Å². The highest BCUT2D eigenvalue weighted by atomic mass is 32.2. The highest BCUT2D eigenvalue weighted by molar-refractivity contribution is 7.91.